The van der Waals surface area contributed by atoms with E-state index in [1.54, 1.807) is 18.3 Å². The molecular weight excluding hydrogens is 404 g/mol. The first-order valence-corrected chi connectivity index (χ1v) is 10.0. The lowest BCUT2D eigenvalue weighted by molar-refractivity contribution is -0.120. The van der Waals surface area contributed by atoms with E-state index in [4.69, 9.17) is 25.8 Å². The minimum absolute atomic E-state index is 0.119. The molecule has 2 heterocycles. The van der Waals surface area contributed by atoms with Crippen molar-refractivity contribution in [2.75, 3.05) is 13.2 Å². The van der Waals surface area contributed by atoms with E-state index in [0.29, 0.717) is 48.8 Å². The minimum Gasteiger partial charge on any atom is -0.486 e. The van der Waals surface area contributed by atoms with E-state index in [9.17, 15) is 4.79 Å². The van der Waals surface area contributed by atoms with Gasteiger partial charge in [0.25, 0.3) is 0 Å². The summed E-state index contributed by atoms with van der Waals surface area (Å²) < 4.78 is 16.8. The Labute approximate surface area is 179 Å². The molecule has 7 heteroatoms. The van der Waals surface area contributed by atoms with Crippen molar-refractivity contribution < 1.29 is 19.0 Å². The molecule has 0 saturated carbocycles. The summed E-state index contributed by atoms with van der Waals surface area (Å²) in [5.41, 5.74) is 2.74. The van der Waals surface area contributed by atoms with Crippen LogP contribution in [0.15, 0.2) is 60.8 Å². The van der Waals surface area contributed by atoms with Crippen molar-refractivity contribution in [2.24, 2.45) is 0 Å². The lowest BCUT2D eigenvalue weighted by Crippen LogP contribution is -2.24. The van der Waals surface area contributed by atoms with Gasteiger partial charge in [0.05, 0.1) is 11.4 Å². The number of hydrogen-bond acceptors (Lipinski definition) is 5. The predicted molar refractivity (Wildman–Crippen MR) is 113 cm³/mol. The van der Waals surface area contributed by atoms with Crippen LogP contribution in [0.2, 0.25) is 5.02 Å². The predicted octanol–water partition coefficient (Wildman–Crippen LogP) is 3.94. The van der Waals surface area contributed by atoms with Crippen molar-refractivity contribution in [3.63, 3.8) is 0 Å². The Kier molecular flexibility index (Phi) is 6.35. The summed E-state index contributed by atoms with van der Waals surface area (Å²) >= 11 is 6.24. The second kappa shape index (κ2) is 9.50. The number of ether oxygens (including phenoxy) is 3. The SMILES string of the molecule is O=C(Cc1cc(Cl)c2c(c1)OCCO2)NCc1ccnc(OCc2ccccc2)c1. The molecule has 0 atom stereocenters. The number of benzene rings is 2. The topological polar surface area (TPSA) is 69.7 Å². The molecule has 0 saturated heterocycles. The van der Waals surface area contributed by atoms with Gasteiger partial charge in [-0.25, -0.2) is 4.98 Å². The Morgan fingerprint density at radius 2 is 1.87 bits per heavy atom. The van der Waals surface area contributed by atoms with Crippen molar-refractivity contribution >= 4 is 17.5 Å². The van der Waals surface area contributed by atoms with Gasteiger partial charge >= 0.3 is 0 Å². The molecule has 1 amide bonds. The molecule has 30 heavy (non-hydrogen) atoms. The van der Waals surface area contributed by atoms with Crippen LogP contribution in [0.1, 0.15) is 16.7 Å². The maximum Gasteiger partial charge on any atom is 0.224 e. The lowest BCUT2D eigenvalue weighted by atomic mass is 10.1. The number of fused-ring (bicyclic) bond motifs is 1. The summed E-state index contributed by atoms with van der Waals surface area (Å²) in [5.74, 6) is 1.51. The highest BCUT2D eigenvalue weighted by atomic mass is 35.5. The standard InChI is InChI=1S/C23H21ClN2O4/c24-19-10-18(11-20-23(19)29-9-8-28-20)12-21(27)26-14-17-6-7-25-22(13-17)30-15-16-4-2-1-3-5-16/h1-7,10-11,13H,8-9,12,14-15H2,(H,26,27). The number of nitrogens with one attached hydrogen (secondary N) is 1. The first-order valence-electron chi connectivity index (χ1n) is 9.64. The molecule has 4 rings (SSSR count). The van der Waals surface area contributed by atoms with Crippen molar-refractivity contribution in [3.05, 3.63) is 82.5 Å². The average molecular weight is 425 g/mol. The van der Waals surface area contributed by atoms with Gasteiger partial charge in [-0.1, -0.05) is 41.9 Å². The van der Waals surface area contributed by atoms with E-state index < -0.39 is 0 Å². The minimum atomic E-state index is -0.119. The highest BCUT2D eigenvalue weighted by Crippen LogP contribution is 2.38. The number of aromatic nitrogens is 1. The number of amides is 1. The number of rotatable bonds is 7. The molecule has 1 N–H and O–H groups in total. The summed E-state index contributed by atoms with van der Waals surface area (Å²) in [4.78, 5) is 16.6. The zero-order valence-corrected chi connectivity index (χ0v) is 17.0. The lowest BCUT2D eigenvalue weighted by Gasteiger charge is -2.20. The molecule has 0 unspecified atom stereocenters. The number of halogens is 1. The third-order valence-corrected chi connectivity index (χ3v) is 4.82. The molecular formula is C23H21ClN2O4. The van der Waals surface area contributed by atoms with Crippen LogP contribution in [0, 0.1) is 0 Å². The second-order valence-corrected chi connectivity index (χ2v) is 7.24. The van der Waals surface area contributed by atoms with Gasteiger partial charge in [0.2, 0.25) is 11.8 Å². The number of nitrogens with zero attached hydrogens (tertiary/aromatic N) is 1. The van der Waals surface area contributed by atoms with Crippen LogP contribution < -0.4 is 19.5 Å². The average Bonchev–Trinajstić information content (AvgIpc) is 2.77. The highest BCUT2D eigenvalue weighted by molar-refractivity contribution is 6.32. The van der Waals surface area contributed by atoms with Crippen molar-refractivity contribution in [1.82, 2.24) is 10.3 Å². The molecule has 0 fully saturated rings. The molecule has 2 aromatic carbocycles. The van der Waals surface area contributed by atoms with Gasteiger partial charge in [0.1, 0.15) is 19.8 Å². The van der Waals surface area contributed by atoms with Crippen LogP contribution in [0.3, 0.4) is 0 Å². The Morgan fingerprint density at radius 1 is 1.03 bits per heavy atom. The van der Waals surface area contributed by atoms with Gasteiger partial charge in [0.15, 0.2) is 11.5 Å². The Bertz CT molecular complexity index is 1030. The van der Waals surface area contributed by atoms with Gasteiger partial charge in [-0.2, -0.15) is 0 Å². The summed E-state index contributed by atoms with van der Waals surface area (Å²) in [6.45, 7) is 1.75. The smallest absolute Gasteiger partial charge is 0.224 e. The Hall–Kier alpha value is -3.25. The third-order valence-electron chi connectivity index (χ3n) is 4.54. The molecule has 0 aliphatic carbocycles. The van der Waals surface area contributed by atoms with E-state index in [2.05, 4.69) is 10.3 Å². The number of pyridine rings is 1. The van der Waals surface area contributed by atoms with E-state index in [1.807, 2.05) is 42.5 Å². The first-order chi connectivity index (χ1) is 14.7. The van der Waals surface area contributed by atoms with Crippen LogP contribution >= 0.6 is 11.6 Å². The van der Waals surface area contributed by atoms with Crippen LogP contribution in [0.25, 0.3) is 0 Å². The number of carbonyl (C=O) groups excluding carboxylic acids is 1. The third kappa shape index (κ3) is 5.21. The Balaban J connectivity index is 1.31. The maximum absolute atomic E-state index is 12.4. The van der Waals surface area contributed by atoms with Crippen molar-refractivity contribution in [2.45, 2.75) is 19.6 Å². The maximum atomic E-state index is 12.4. The first kappa shape index (κ1) is 20.0. The molecule has 3 aromatic rings. The number of hydrogen-bond donors (Lipinski definition) is 1. The van der Waals surface area contributed by atoms with Gasteiger partial charge in [-0.3, -0.25) is 4.79 Å². The molecule has 6 nitrogen and oxygen atoms in total. The monoisotopic (exact) mass is 424 g/mol. The molecule has 0 bridgehead atoms. The molecule has 1 aliphatic rings. The van der Waals surface area contributed by atoms with Crippen LogP contribution in [0.5, 0.6) is 17.4 Å². The van der Waals surface area contributed by atoms with E-state index in [1.165, 1.54) is 0 Å². The summed E-state index contributed by atoms with van der Waals surface area (Å²) in [6.07, 6.45) is 1.86. The van der Waals surface area contributed by atoms with Crippen molar-refractivity contribution in [1.29, 1.82) is 0 Å². The van der Waals surface area contributed by atoms with Crippen LogP contribution in [-0.2, 0) is 24.4 Å². The van der Waals surface area contributed by atoms with Gasteiger partial charge in [-0.15, -0.1) is 0 Å². The zero-order chi connectivity index (χ0) is 20.8. The van der Waals surface area contributed by atoms with Crippen LogP contribution in [0.4, 0.5) is 0 Å². The fraction of sp³-hybridized carbons (Fsp3) is 0.217. The molecule has 0 radical (unpaired) electrons. The highest BCUT2D eigenvalue weighted by Gasteiger charge is 2.17. The zero-order valence-electron chi connectivity index (χ0n) is 16.3. The van der Waals surface area contributed by atoms with Crippen LogP contribution in [-0.4, -0.2) is 24.1 Å². The summed E-state index contributed by atoms with van der Waals surface area (Å²) in [7, 11) is 0. The van der Waals surface area contributed by atoms with E-state index >= 15 is 0 Å². The number of carbonyl (C=O) groups is 1. The van der Waals surface area contributed by atoms with Crippen molar-refractivity contribution in [3.8, 4) is 17.4 Å². The second-order valence-electron chi connectivity index (χ2n) is 6.83. The van der Waals surface area contributed by atoms with E-state index in [0.717, 1.165) is 16.7 Å². The van der Waals surface area contributed by atoms with Gasteiger partial charge < -0.3 is 19.5 Å². The summed E-state index contributed by atoms with van der Waals surface area (Å²) in [6, 6.07) is 17.1. The van der Waals surface area contributed by atoms with Gasteiger partial charge in [-0.05, 0) is 34.9 Å². The van der Waals surface area contributed by atoms with E-state index in [-0.39, 0.29) is 12.3 Å². The fourth-order valence-electron chi connectivity index (χ4n) is 3.09. The molecule has 0 spiro atoms. The summed E-state index contributed by atoms with van der Waals surface area (Å²) in [5, 5.41) is 3.36. The fourth-order valence-corrected chi connectivity index (χ4v) is 3.37. The molecule has 154 valence electrons. The quantitative estimate of drug-likeness (QED) is 0.622. The molecule has 1 aliphatic heterocycles. The van der Waals surface area contributed by atoms with Gasteiger partial charge in [0, 0.05) is 18.8 Å². The molecule has 1 aromatic heterocycles. The Morgan fingerprint density at radius 3 is 2.73 bits per heavy atom. The normalized spacial score (nSPS) is 12.3. The largest absolute Gasteiger partial charge is 0.486 e.